The van der Waals surface area contributed by atoms with Crippen LogP contribution in [-0.2, 0) is 4.79 Å². The molecule has 0 aliphatic carbocycles. The van der Waals surface area contributed by atoms with Gasteiger partial charge in [-0.2, -0.15) is 0 Å². The molecule has 4 heteroatoms. The van der Waals surface area contributed by atoms with Gasteiger partial charge in [0.2, 0.25) is 5.91 Å². The molecule has 1 aromatic carbocycles. The SMILES string of the molecule is CC1NCCC1C(=O)N[C@@H](C)c1cccc(Br)c1. The van der Waals surface area contributed by atoms with Crippen molar-refractivity contribution in [3.05, 3.63) is 34.3 Å². The Kier molecular flexibility index (Phi) is 4.40. The van der Waals surface area contributed by atoms with Gasteiger partial charge in [0.05, 0.1) is 12.0 Å². The van der Waals surface area contributed by atoms with Crippen LogP contribution in [0.2, 0.25) is 0 Å². The lowest BCUT2D eigenvalue weighted by atomic mass is 10.00. The predicted octanol–water partition coefficient (Wildman–Crippen LogP) is 2.62. The van der Waals surface area contributed by atoms with Crippen molar-refractivity contribution in [1.29, 1.82) is 0 Å². The Morgan fingerprint density at radius 1 is 1.56 bits per heavy atom. The lowest BCUT2D eigenvalue weighted by Gasteiger charge is -2.19. The first-order valence-corrected chi connectivity index (χ1v) is 7.16. The molecule has 2 unspecified atom stereocenters. The van der Waals surface area contributed by atoms with Gasteiger partial charge < -0.3 is 10.6 Å². The van der Waals surface area contributed by atoms with E-state index >= 15 is 0 Å². The molecule has 0 spiro atoms. The highest BCUT2D eigenvalue weighted by Crippen LogP contribution is 2.20. The minimum atomic E-state index is 0.0443. The summed E-state index contributed by atoms with van der Waals surface area (Å²) in [5, 5.41) is 6.40. The van der Waals surface area contributed by atoms with Gasteiger partial charge in [0.1, 0.15) is 0 Å². The van der Waals surface area contributed by atoms with Gasteiger partial charge in [0, 0.05) is 10.5 Å². The first-order valence-electron chi connectivity index (χ1n) is 6.37. The van der Waals surface area contributed by atoms with E-state index in [9.17, 15) is 4.79 Å². The summed E-state index contributed by atoms with van der Waals surface area (Å²) < 4.78 is 1.04. The molecule has 2 rings (SSSR count). The third-order valence-corrected chi connectivity index (χ3v) is 4.06. The molecule has 1 aromatic rings. The molecule has 1 aliphatic rings. The van der Waals surface area contributed by atoms with Crippen molar-refractivity contribution in [2.45, 2.75) is 32.4 Å². The number of rotatable bonds is 3. The molecule has 0 bridgehead atoms. The maximum Gasteiger partial charge on any atom is 0.225 e. The quantitative estimate of drug-likeness (QED) is 0.901. The summed E-state index contributed by atoms with van der Waals surface area (Å²) in [7, 11) is 0. The third kappa shape index (κ3) is 3.12. The van der Waals surface area contributed by atoms with Crippen molar-refractivity contribution in [3.8, 4) is 0 Å². The number of benzene rings is 1. The van der Waals surface area contributed by atoms with Crippen LogP contribution in [0.3, 0.4) is 0 Å². The molecule has 0 radical (unpaired) electrons. The molecular formula is C14H19BrN2O. The number of hydrogen-bond donors (Lipinski definition) is 2. The third-order valence-electron chi connectivity index (χ3n) is 3.57. The van der Waals surface area contributed by atoms with Gasteiger partial charge in [-0.05, 0) is 44.5 Å². The summed E-state index contributed by atoms with van der Waals surface area (Å²) in [5.74, 6) is 0.250. The van der Waals surface area contributed by atoms with E-state index < -0.39 is 0 Å². The fourth-order valence-electron chi connectivity index (χ4n) is 2.40. The Bertz CT molecular complexity index is 436. The van der Waals surface area contributed by atoms with E-state index in [0.29, 0.717) is 0 Å². The number of carbonyl (C=O) groups is 1. The summed E-state index contributed by atoms with van der Waals surface area (Å²) >= 11 is 3.45. The van der Waals surface area contributed by atoms with E-state index in [1.807, 2.05) is 31.2 Å². The van der Waals surface area contributed by atoms with Gasteiger partial charge in [-0.3, -0.25) is 4.79 Å². The van der Waals surface area contributed by atoms with Crippen LogP contribution >= 0.6 is 15.9 Å². The molecule has 98 valence electrons. The summed E-state index contributed by atoms with van der Waals surface area (Å²) in [6, 6.07) is 8.37. The predicted molar refractivity (Wildman–Crippen MR) is 76.3 cm³/mol. The van der Waals surface area contributed by atoms with Crippen molar-refractivity contribution in [3.63, 3.8) is 0 Å². The normalized spacial score (nSPS) is 24.8. The van der Waals surface area contributed by atoms with Gasteiger partial charge >= 0.3 is 0 Å². The summed E-state index contributed by atoms with van der Waals surface area (Å²) in [4.78, 5) is 12.2. The van der Waals surface area contributed by atoms with Crippen LogP contribution < -0.4 is 10.6 Å². The highest BCUT2D eigenvalue weighted by Gasteiger charge is 2.29. The first kappa shape index (κ1) is 13.6. The number of amides is 1. The Hall–Kier alpha value is -0.870. The topological polar surface area (TPSA) is 41.1 Å². The van der Waals surface area contributed by atoms with Gasteiger partial charge in [0.25, 0.3) is 0 Å². The van der Waals surface area contributed by atoms with Gasteiger partial charge in [-0.25, -0.2) is 0 Å². The average molecular weight is 311 g/mol. The molecule has 3 atom stereocenters. The molecule has 3 nitrogen and oxygen atoms in total. The Labute approximate surface area is 116 Å². The standard InChI is InChI=1S/C14H19BrN2O/c1-9(11-4-3-5-12(15)8-11)17-14(18)13-6-7-16-10(13)2/h3-5,8-10,13,16H,6-7H2,1-2H3,(H,17,18)/t9-,10?,13?/m0/s1. The van der Waals surface area contributed by atoms with Crippen LogP contribution in [0.5, 0.6) is 0 Å². The Morgan fingerprint density at radius 3 is 2.94 bits per heavy atom. The number of nitrogens with one attached hydrogen (secondary N) is 2. The van der Waals surface area contributed by atoms with Crippen molar-refractivity contribution >= 4 is 21.8 Å². The van der Waals surface area contributed by atoms with Crippen LogP contribution in [0.1, 0.15) is 31.9 Å². The molecule has 1 saturated heterocycles. The Morgan fingerprint density at radius 2 is 2.33 bits per heavy atom. The molecule has 1 heterocycles. The second-order valence-corrected chi connectivity index (χ2v) is 5.84. The molecule has 0 saturated carbocycles. The second-order valence-electron chi connectivity index (χ2n) is 4.92. The monoisotopic (exact) mass is 310 g/mol. The number of halogens is 1. The van der Waals surface area contributed by atoms with E-state index in [2.05, 4.69) is 33.5 Å². The average Bonchev–Trinajstić information content (AvgIpc) is 2.75. The smallest absolute Gasteiger partial charge is 0.225 e. The zero-order valence-electron chi connectivity index (χ0n) is 10.7. The minimum absolute atomic E-state index is 0.0443. The zero-order valence-corrected chi connectivity index (χ0v) is 12.3. The maximum absolute atomic E-state index is 12.2. The minimum Gasteiger partial charge on any atom is -0.349 e. The van der Waals surface area contributed by atoms with Crippen molar-refractivity contribution in [1.82, 2.24) is 10.6 Å². The highest BCUT2D eigenvalue weighted by molar-refractivity contribution is 9.10. The van der Waals surface area contributed by atoms with E-state index in [1.165, 1.54) is 0 Å². The Balaban J connectivity index is 1.98. The molecule has 1 aliphatic heterocycles. The molecule has 1 fully saturated rings. The van der Waals surface area contributed by atoms with E-state index in [1.54, 1.807) is 0 Å². The zero-order chi connectivity index (χ0) is 13.1. The van der Waals surface area contributed by atoms with E-state index in [-0.39, 0.29) is 23.9 Å². The first-order chi connectivity index (χ1) is 8.58. The lowest BCUT2D eigenvalue weighted by molar-refractivity contribution is -0.125. The maximum atomic E-state index is 12.2. The van der Waals surface area contributed by atoms with Crippen molar-refractivity contribution in [2.75, 3.05) is 6.54 Å². The molecular weight excluding hydrogens is 292 g/mol. The fourth-order valence-corrected chi connectivity index (χ4v) is 2.81. The number of hydrogen-bond acceptors (Lipinski definition) is 2. The molecule has 18 heavy (non-hydrogen) atoms. The molecule has 2 N–H and O–H groups in total. The molecule has 1 amide bonds. The number of carbonyl (C=O) groups excluding carboxylic acids is 1. The summed E-state index contributed by atoms with van der Waals surface area (Å²) in [5.41, 5.74) is 1.12. The summed E-state index contributed by atoms with van der Waals surface area (Å²) in [6.45, 7) is 5.03. The van der Waals surface area contributed by atoms with Crippen molar-refractivity contribution in [2.24, 2.45) is 5.92 Å². The van der Waals surface area contributed by atoms with Crippen LogP contribution in [0, 0.1) is 5.92 Å². The van der Waals surface area contributed by atoms with Crippen molar-refractivity contribution < 1.29 is 4.79 Å². The van der Waals surface area contributed by atoms with Gasteiger partial charge in [-0.15, -0.1) is 0 Å². The van der Waals surface area contributed by atoms with Gasteiger partial charge in [0.15, 0.2) is 0 Å². The van der Waals surface area contributed by atoms with Crippen LogP contribution in [0.15, 0.2) is 28.7 Å². The van der Waals surface area contributed by atoms with Crippen LogP contribution in [0.4, 0.5) is 0 Å². The summed E-state index contributed by atoms with van der Waals surface area (Å²) in [6.07, 6.45) is 0.929. The van der Waals surface area contributed by atoms with E-state index in [0.717, 1.165) is 23.0 Å². The second kappa shape index (κ2) is 5.85. The highest BCUT2D eigenvalue weighted by atomic mass is 79.9. The van der Waals surface area contributed by atoms with Crippen LogP contribution in [-0.4, -0.2) is 18.5 Å². The van der Waals surface area contributed by atoms with Crippen LogP contribution in [0.25, 0.3) is 0 Å². The molecule has 0 aromatic heterocycles. The van der Waals surface area contributed by atoms with E-state index in [4.69, 9.17) is 0 Å². The lowest BCUT2D eigenvalue weighted by Crippen LogP contribution is -2.37. The van der Waals surface area contributed by atoms with Gasteiger partial charge in [-0.1, -0.05) is 28.1 Å². The fraction of sp³-hybridized carbons (Fsp3) is 0.500. The largest absolute Gasteiger partial charge is 0.349 e.